The van der Waals surface area contributed by atoms with Gasteiger partial charge in [-0.1, -0.05) is 19.1 Å². The van der Waals surface area contributed by atoms with Crippen LogP contribution in [0.25, 0.3) is 0 Å². The van der Waals surface area contributed by atoms with E-state index in [0.717, 1.165) is 17.9 Å². The van der Waals surface area contributed by atoms with Gasteiger partial charge in [-0.2, -0.15) is 0 Å². The van der Waals surface area contributed by atoms with Gasteiger partial charge in [-0.3, -0.25) is 0 Å². The Hall–Kier alpha value is -1.20. The highest BCUT2D eigenvalue weighted by atomic mass is 79.9. The Kier molecular flexibility index (Phi) is 4.71. The number of hydrogen-bond donors (Lipinski definition) is 1. The fourth-order valence-corrected chi connectivity index (χ4v) is 2.57. The summed E-state index contributed by atoms with van der Waals surface area (Å²) in [6.45, 7) is 2.89. The van der Waals surface area contributed by atoms with Gasteiger partial charge < -0.3 is 9.88 Å². The first-order valence-corrected chi connectivity index (χ1v) is 7.06. The van der Waals surface area contributed by atoms with E-state index in [2.05, 4.69) is 33.2 Å². The summed E-state index contributed by atoms with van der Waals surface area (Å²) in [5.41, 5.74) is 0.939. The van der Waals surface area contributed by atoms with Crippen molar-refractivity contribution in [2.45, 2.75) is 19.4 Å². The summed E-state index contributed by atoms with van der Waals surface area (Å²) in [6, 6.07) is 5.19. The predicted octanol–water partition coefficient (Wildman–Crippen LogP) is 3.22. The zero-order chi connectivity index (χ0) is 13.8. The lowest BCUT2D eigenvalue weighted by molar-refractivity contribution is 0.504. The van der Waals surface area contributed by atoms with E-state index in [4.69, 9.17) is 0 Å². The zero-order valence-electron chi connectivity index (χ0n) is 11.0. The summed E-state index contributed by atoms with van der Waals surface area (Å²) in [7, 11) is 1.97. The predicted molar refractivity (Wildman–Crippen MR) is 77.4 cm³/mol. The van der Waals surface area contributed by atoms with Crippen LogP contribution in [0.15, 0.2) is 35.1 Å². The lowest BCUT2D eigenvalue weighted by Crippen LogP contribution is -2.25. The third-order valence-electron chi connectivity index (χ3n) is 3.08. The second-order valence-electron chi connectivity index (χ2n) is 4.42. The summed E-state index contributed by atoms with van der Waals surface area (Å²) >= 11 is 3.31. The Morgan fingerprint density at radius 1 is 1.47 bits per heavy atom. The second-order valence-corrected chi connectivity index (χ2v) is 5.22. The van der Waals surface area contributed by atoms with E-state index < -0.39 is 0 Å². The molecule has 1 aromatic heterocycles. The van der Waals surface area contributed by atoms with Crippen molar-refractivity contribution >= 4 is 15.9 Å². The van der Waals surface area contributed by atoms with Crippen molar-refractivity contribution in [2.75, 3.05) is 6.54 Å². The first-order chi connectivity index (χ1) is 9.13. The third-order valence-corrected chi connectivity index (χ3v) is 3.96. The van der Waals surface area contributed by atoms with Gasteiger partial charge in [0.05, 0.1) is 10.5 Å². The smallest absolute Gasteiger partial charge is 0.137 e. The zero-order valence-corrected chi connectivity index (χ0v) is 12.6. The molecule has 0 radical (unpaired) electrons. The van der Waals surface area contributed by atoms with Crippen LogP contribution in [0.1, 0.15) is 24.4 Å². The number of aromatic nitrogens is 2. The average molecular weight is 326 g/mol. The maximum absolute atomic E-state index is 13.5. The molecule has 0 bridgehead atoms. The molecule has 0 saturated heterocycles. The highest BCUT2D eigenvalue weighted by molar-refractivity contribution is 9.10. The van der Waals surface area contributed by atoms with Crippen molar-refractivity contribution in [3.63, 3.8) is 0 Å². The largest absolute Gasteiger partial charge is 0.337 e. The molecule has 0 fully saturated rings. The molecule has 2 rings (SSSR count). The van der Waals surface area contributed by atoms with Crippen LogP contribution >= 0.6 is 15.9 Å². The topological polar surface area (TPSA) is 29.9 Å². The number of nitrogens with zero attached hydrogens (tertiary/aromatic N) is 2. The van der Waals surface area contributed by atoms with E-state index in [9.17, 15) is 4.39 Å². The van der Waals surface area contributed by atoms with E-state index in [1.165, 1.54) is 6.07 Å². The monoisotopic (exact) mass is 325 g/mol. The minimum Gasteiger partial charge on any atom is -0.337 e. The van der Waals surface area contributed by atoms with Crippen LogP contribution in [0.2, 0.25) is 0 Å². The number of aryl methyl sites for hydroxylation is 1. The number of halogens is 2. The minimum atomic E-state index is -0.229. The van der Waals surface area contributed by atoms with E-state index in [0.29, 0.717) is 10.9 Å². The highest BCUT2D eigenvalue weighted by Crippen LogP contribution is 2.25. The van der Waals surface area contributed by atoms with Crippen molar-refractivity contribution in [3.05, 3.63) is 52.3 Å². The van der Waals surface area contributed by atoms with Gasteiger partial charge in [-0.25, -0.2) is 9.37 Å². The molecule has 0 aliphatic carbocycles. The molecule has 1 heterocycles. The SMILES string of the molecule is CCNC(Cc1cccc(F)c1Br)c1nccn1C. The van der Waals surface area contributed by atoms with Gasteiger partial charge in [0.15, 0.2) is 0 Å². The molecule has 19 heavy (non-hydrogen) atoms. The molecule has 5 heteroatoms. The molecule has 0 spiro atoms. The van der Waals surface area contributed by atoms with Crippen molar-refractivity contribution in [1.29, 1.82) is 0 Å². The number of rotatable bonds is 5. The van der Waals surface area contributed by atoms with Crippen LogP contribution in [0.4, 0.5) is 4.39 Å². The Morgan fingerprint density at radius 2 is 2.26 bits per heavy atom. The number of likely N-dealkylation sites (N-methyl/N-ethyl adjacent to an activating group) is 1. The molecule has 102 valence electrons. The molecule has 0 aliphatic heterocycles. The van der Waals surface area contributed by atoms with Gasteiger partial charge in [0, 0.05) is 19.4 Å². The molecule has 1 aromatic carbocycles. The summed E-state index contributed by atoms with van der Waals surface area (Å²) in [5, 5.41) is 3.39. The first-order valence-electron chi connectivity index (χ1n) is 6.27. The lowest BCUT2D eigenvalue weighted by atomic mass is 10.0. The molecule has 1 atom stereocenters. The highest BCUT2D eigenvalue weighted by Gasteiger charge is 2.17. The fourth-order valence-electron chi connectivity index (χ4n) is 2.14. The Bertz CT molecular complexity index is 553. The van der Waals surface area contributed by atoms with Crippen LogP contribution in [-0.2, 0) is 13.5 Å². The summed E-state index contributed by atoms with van der Waals surface area (Å²) < 4.78 is 16.1. The fraction of sp³-hybridized carbons (Fsp3) is 0.357. The van der Waals surface area contributed by atoms with E-state index in [-0.39, 0.29) is 11.9 Å². The number of nitrogens with one attached hydrogen (secondary N) is 1. The van der Waals surface area contributed by atoms with Gasteiger partial charge in [-0.15, -0.1) is 0 Å². The lowest BCUT2D eigenvalue weighted by Gasteiger charge is -2.18. The van der Waals surface area contributed by atoms with Crippen molar-refractivity contribution in [1.82, 2.24) is 14.9 Å². The molecule has 0 saturated carbocycles. The first kappa shape index (κ1) is 14.2. The summed E-state index contributed by atoms with van der Waals surface area (Å²) in [5.74, 6) is 0.727. The maximum atomic E-state index is 13.5. The van der Waals surface area contributed by atoms with Crippen molar-refractivity contribution in [3.8, 4) is 0 Å². The number of hydrogen-bond acceptors (Lipinski definition) is 2. The maximum Gasteiger partial charge on any atom is 0.137 e. The summed E-state index contributed by atoms with van der Waals surface area (Å²) in [6.07, 6.45) is 4.39. The van der Waals surface area contributed by atoms with E-state index in [1.54, 1.807) is 12.3 Å². The Labute approximate surface area is 121 Å². The van der Waals surface area contributed by atoms with Gasteiger partial charge >= 0.3 is 0 Å². The Balaban J connectivity index is 2.27. The van der Waals surface area contributed by atoms with Crippen LogP contribution in [0.3, 0.4) is 0 Å². The van der Waals surface area contributed by atoms with Gasteiger partial charge in [0.1, 0.15) is 11.6 Å². The molecular weight excluding hydrogens is 309 g/mol. The molecule has 0 aliphatic rings. The third kappa shape index (κ3) is 3.22. The normalized spacial score (nSPS) is 12.6. The van der Waals surface area contributed by atoms with Gasteiger partial charge in [0.2, 0.25) is 0 Å². The van der Waals surface area contributed by atoms with Crippen molar-refractivity contribution in [2.24, 2.45) is 7.05 Å². The molecule has 1 N–H and O–H groups in total. The van der Waals surface area contributed by atoms with E-state index in [1.807, 2.05) is 23.9 Å². The van der Waals surface area contributed by atoms with Crippen LogP contribution in [0, 0.1) is 5.82 Å². The second kappa shape index (κ2) is 6.30. The standard InChI is InChI=1S/C14H17BrFN3/c1-3-17-12(14-18-7-8-19(14)2)9-10-5-4-6-11(16)13(10)15/h4-8,12,17H,3,9H2,1-2H3. The van der Waals surface area contributed by atoms with Gasteiger partial charge in [0.25, 0.3) is 0 Å². The van der Waals surface area contributed by atoms with Crippen LogP contribution < -0.4 is 5.32 Å². The van der Waals surface area contributed by atoms with Crippen LogP contribution in [0.5, 0.6) is 0 Å². The molecule has 1 unspecified atom stereocenters. The average Bonchev–Trinajstić information content (AvgIpc) is 2.80. The molecule has 3 nitrogen and oxygen atoms in total. The Morgan fingerprint density at radius 3 is 2.89 bits per heavy atom. The summed E-state index contributed by atoms with van der Waals surface area (Å²) in [4.78, 5) is 4.37. The molecule has 0 amide bonds. The van der Waals surface area contributed by atoms with E-state index >= 15 is 0 Å². The van der Waals surface area contributed by atoms with Crippen molar-refractivity contribution < 1.29 is 4.39 Å². The van der Waals surface area contributed by atoms with Gasteiger partial charge in [-0.05, 0) is 40.5 Å². The number of imidazole rings is 1. The minimum absolute atomic E-state index is 0.0723. The molecule has 2 aromatic rings. The quantitative estimate of drug-likeness (QED) is 0.914. The molecular formula is C14H17BrFN3. The number of benzene rings is 1. The van der Waals surface area contributed by atoms with Crippen LogP contribution in [-0.4, -0.2) is 16.1 Å².